The van der Waals surface area contributed by atoms with Gasteiger partial charge in [-0.2, -0.15) is 0 Å². The zero-order chi connectivity index (χ0) is 22.2. The Morgan fingerprint density at radius 3 is 2.58 bits per heavy atom. The highest BCUT2D eigenvalue weighted by atomic mass is 35.5. The Labute approximate surface area is 183 Å². The second-order valence-corrected chi connectivity index (χ2v) is 6.70. The van der Waals surface area contributed by atoms with Crippen molar-refractivity contribution in [3.63, 3.8) is 0 Å². The van der Waals surface area contributed by atoms with Gasteiger partial charge in [0.05, 0.1) is 30.9 Å². The van der Waals surface area contributed by atoms with Crippen LogP contribution in [-0.2, 0) is 14.3 Å². The van der Waals surface area contributed by atoms with Crippen molar-refractivity contribution in [3.8, 4) is 17.4 Å². The summed E-state index contributed by atoms with van der Waals surface area (Å²) in [5.41, 5.74) is 1.33. The van der Waals surface area contributed by atoms with Crippen molar-refractivity contribution in [2.75, 3.05) is 20.3 Å². The normalized spacial score (nSPS) is 11.5. The van der Waals surface area contributed by atoms with Crippen molar-refractivity contribution in [1.29, 1.82) is 0 Å². The molecule has 3 rings (SSSR count). The minimum Gasteiger partial charge on any atom is -0.479 e. The number of nitrogens with one attached hydrogen (secondary N) is 1. The molecule has 0 saturated carbocycles. The van der Waals surface area contributed by atoms with Crippen LogP contribution in [0.2, 0.25) is 5.02 Å². The molecule has 0 unspecified atom stereocenters. The molecule has 0 aliphatic rings. The molecule has 0 bridgehead atoms. The van der Waals surface area contributed by atoms with Gasteiger partial charge in [-0.15, -0.1) is 0 Å². The number of nitrogens with zero attached hydrogens (tertiary/aromatic N) is 2. The van der Waals surface area contributed by atoms with Crippen LogP contribution in [0.25, 0.3) is 11.0 Å². The number of hydrogen-bond acceptors (Lipinski definition) is 8. The lowest BCUT2D eigenvalue weighted by Gasteiger charge is -2.14. The van der Waals surface area contributed by atoms with Crippen molar-refractivity contribution in [2.24, 2.45) is 0 Å². The Balaban J connectivity index is 1.51. The molecule has 1 N–H and O–H groups in total. The molecule has 1 heterocycles. The van der Waals surface area contributed by atoms with E-state index in [0.717, 1.165) is 0 Å². The third-order valence-electron chi connectivity index (χ3n) is 3.97. The van der Waals surface area contributed by atoms with E-state index in [1.165, 1.54) is 13.3 Å². The highest BCUT2D eigenvalue weighted by Gasteiger charge is 2.16. The number of carbonyl (C=O) groups excluding carboxylic acids is 2. The second-order valence-electron chi connectivity index (χ2n) is 6.26. The smallest absolute Gasteiger partial charge is 0.406 e. The van der Waals surface area contributed by atoms with Gasteiger partial charge in [-0.3, -0.25) is 0 Å². The molecule has 0 aliphatic heterocycles. The lowest BCUT2D eigenvalue weighted by atomic mass is 10.3. The first kappa shape index (κ1) is 22.1. The molecular weight excluding hydrogens is 426 g/mol. The standard InChI is InChI=1S/C21H20ClN3O6/c1-13(20(26)29-10-9-23-21(27)28-2)30-15-4-6-16(7-5-15)31-19-12-24-18-11-14(22)3-8-17(18)25-19/h3-8,11-13H,9-10H2,1-2H3,(H,23,27)/t13-/m1/s1. The van der Waals surface area contributed by atoms with Gasteiger partial charge in [0.1, 0.15) is 18.1 Å². The molecule has 10 heteroatoms. The Kier molecular flexibility index (Phi) is 7.45. The van der Waals surface area contributed by atoms with Crippen LogP contribution in [-0.4, -0.2) is 48.4 Å². The molecule has 2 aromatic carbocycles. The van der Waals surface area contributed by atoms with Gasteiger partial charge < -0.3 is 24.3 Å². The van der Waals surface area contributed by atoms with Crippen LogP contribution in [0.15, 0.2) is 48.7 Å². The lowest BCUT2D eigenvalue weighted by molar-refractivity contribution is -0.150. The van der Waals surface area contributed by atoms with Gasteiger partial charge in [-0.25, -0.2) is 19.6 Å². The minimum absolute atomic E-state index is 0.00735. The van der Waals surface area contributed by atoms with E-state index < -0.39 is 18.2 Å². The van der Waals surface area contributed by atoms with Crippen LogP contribution < -0.4 is 14.8 Å². The van der Waals surface area contributed by atoms with E-state index in [1.54, 1.807) is 49.4 Å². The fourth-order valence-corrected chi connectivity index (χ4v) is 2.64. The molecule has 3 aromatic rings. The van der Waals surface area contributed by atoms with Gasteiger partial charge in [0.15, 0.2) is 6.10 Å². The number of halogens is 1. The largest absolute Gasteiger partial charge is 0.479 e. The van der Waals surface area contributed by atoms with Crippen molar-refractivity contribution >= 4 is 34.7 Å². The summed E-state index contributed by atoms with van der Waals surface area (Å²) in [6.07, 6.45) is 0.0840. The number of ether oxygens (including phenoxy) is 4. The van der Waals surface area contributed by atoms with Crippen LogP contribution in [0, 0.1) is 0 Å². The molecular formula is C21H20ClN3O6. The topological polar surface area (TPSA) is 109 Å². The van der Waals surface area contributed by atoms with Gasteiger partial charge in [0, 0.05) is 5.02 Å². The monoisotopic (exact) mass is 445 g/mol. The number of carbonyl (C=O) groups is 2. The van der Waals surface area contributed by atoms with Crippen LogP contribution in [0.5, 0.6) is 17.4 Å². The van der Waals surface area contributed by atoms with E-state index in [0.29, 0.717) is 33.4 Å². The van der Waals surface area contributed by atoms with Gasteiger partial charge >= 0.3 is 12.1 Å². The Morgan fingerprint density at radius 2 is 1.84 bits per heavy atom. The highest BCUT2D eigenvalue weighted by molar-refractivity contribution is 6.31. The predicted molar refractivity (Wildman–Crippen MR) is 113 cm³/mol. The van der Waals surface area contributed by atoms with E-state index in [-0.39, 0.29) is 13.2 Å². The van der Waals surface area contributed by atoms with E-state index in [9.17, 15) is 9.59 Å². The zero-order valence-corrected chi connectivity index (χ0v) is 17.6. The maximum atomic E-state index is 12.0. The van der Waals surface area contributed by atoms with E-state index >= 15 is 0 Å². The third-order valence-corrected chi connectivity index (χ3v) is 4.21. The predicted octanol–water partition coefficient (Wildman–Crippen LogP) is 3.74. The molecule has 1 amide bonds. The maximum Gasteiger partial charge on any atom is 0.406 e. The van der Waals surface area contributed by atoms with Crippen molar-refractivity contribution in [2.45, 2.75) is 13.0 Å². The SMILES string of the molecule is COC(=O)NCCOC(=O)[C@@H](C)Oc1ccc(Oc2cnc3cc(Cl)ccc3n2)cc1. The molecule has 0 aliphatic carbocycles. The van der Waals surface area contributed by atoms with Gasteiger partial charge in [-0.1, -0.05) is 11.6 Å². The van der Waals surface area contributed by atoms with E-state index in [1.807, 2.05) is 0 Å². The van der Waals surface area contributed by atoms with E-state index in [2.05, 4.69) is 20.0 Å². The number of methoxy groups -OCH3 is 1. The summed E-state index contributed by atoms with van der Waals surface area (Å²) >= 11 is 5.95. The van der Waals surface area contributed by atoms with Crippen molar-refractivity contribution in [1.82, 2.24) is 15.3 Å². The summed E-state index contributed by atoms with van der Waals surface area (Å²) in [7, 11) is 1.25. The van der Waals surface area contributed by atoms with Gasteiger partial charge in [0.25, 0.3) is 0 Å². The molecule has 1 atom stereocenters. The van der Waals surface area contributed by atoms with Gasteiger partial charge in [0.2, 0.25) is 5.88 Å². The molecule has 0 saturated heterocycles. The molecule has 0 spiro atoms. The third kappa shape index (κ3) is 6.45. The molecule has 0 radical (unpaired) electrons. The van der Waals surface area contributed by atoms with Crippen LogP contribution in [0.1, 0.15) is 6.92 Å². The van der Waals surface area contributed by atoms with Crippen LogP contribution in [0.4, 0.5) is 4.79 Å². The summed E-state index contributed by atoms with van der Waals surface area (Å²) in [6.45, 7) is 1.71. The minimum atomic E-state index is -0.830. The van der Waals surface area contributed by atoms with Crippen LogP contribution in [0.3, 0.4) is 0 Å². The number of hydrogen-bond donors (Lipinski definition) is 1. The Morgan fingerprint density at radius 1 is 1.10 bits per heavy atom. The lowest BCUT2D eigenvalue weighted by Crippen LogP contribution is -2.31. The molecule has 1 aromatic heterocycles. The first-order valence-electron chi connectivity index (χ1n) is 9.30. The second kappa shape index (κ2) is 10.4. The first-order chi connectivity index (χ1) is 14.9. The average molecular weight is 446 g/mol. The fourth-order valence-electron chi connectivity index (χ4n) is 2.47. The number of esters is 1. The van der Waals surface area contributed by atoms with Gasteiger partial charge in [-0.05, 0) is 49.4 Å². The summed E-state index contributed by atoms with van der Waals surface area (Å²) in [5, 5.41) is 2.99. The number of amides is 1. The number of rotatable bonds is 8. The fraction of sp³-hybridized carbons (Fsp3) is 0.238. The number of benzene rings is 2. The number of fused-ring (bicyclic) bond motifs is 1. The van der Waals surface area contributed by atoms with Crippen molar-refractivity contribution in [3.05, 3.63) is 53.7 Å². The molecule has 0 fully saturated rings. The van der Waals surface area contributed by atoms with E-state index in [4.69, 9.17) is 25.8 Å². The number of aromatic nitrogens is 2. The summed E-state index contributed by atoms with van der Waals surface area (Å²) in [5.74, 6) is 0.766. The Hall–Kier alpha value is -3.59. The highest BCUT2D eigenvalue weighted by Crippen LogP contribution is 2.25. The quantitative estimate of drug-likeness (QED) is 0.412. The molecule has 9 nitrogen and oxygen atoms in total. The summed E-state index contributed by atoms with van der Waals surface area (Å²) < 4.78 is 20.7. The average Bonchev–Trinajstić information content (AvgIpc) is 2.77. The van der Waals surface area contributed by atoms with Crippen molar-refractivity contribution < 1.29 is 28.5 Å². The maximum absolute atomic E-state index is 12.0. The summed E-state index contributed by atoms with van der Waals surface area (Å²) in [6, 6.07) is 11.9. The first-order valence-corrected chi connectivity index (χ1v) is 9.68. The van der Waals surface area contributed by atoms with Crippen LogP contribution >= 0.6 is 11.6 Å². The number of alkyl carbamates (subject to hydrolysis) is 1. The summed E-state index contributed by atoms with van der Waals surface area (Å²) in [4.78, 5) is 31.6. The zero-order valence-electron chi connectivity index (χ0n) is 16.8. The molecule has 162 valence electrons. The molecule has 31 heavy (non-hydrogen) atoms. The Bertz CT molecular complexity index is 1060.